The van der Waals surface area contributed by atoms with Crippen LogP contribution >= 0.6 is 0 Å². The predicted octanol–water partition coefficient (Wildman–Crippen LogP) is 1.83. The van der Waals surface area contributed by atoms with E-state index in [1.165, 1.54) is 0 Å². The highest BCUT2D eigenvalue weighted by atomic mass is 16.5. The first-order chi connectivity index (χ1) is 9.20. The van der Waals surface area contributed by atoms with Crippen molar-refractivity contribution in [2.45, 2.75) is 38.3 Å². The van der Waals surface area contributed by atoms with Crippen LogP contribution in [0.4, 0.5) is 0 Å². The number of rotatable bonds is 4. The van der Waals surface area contributed by atoms with E-state index in [0.29, 0.717) is 5.75 Å². The van der Waals surface area contributed by atoms with Crippen molar-refractivity contribution in [3.05, 3.63) is 30.3 Å². The first kappa shape index (κ1) is 14.0. The number of likely N-dealkylation sites (tertiary alicyclic amines) is 1. The van der Waals surface area contributed by atoms with Crippen LogP contribution in [0, 0.1) is 0 Å². The molecule has 19 heavy (non-hydrogen) atoms. The molecular weight excluding hydrogens is 242 g/mol. The zero-order valence-corrected chi connectivity index (χ0v) is 11.3. The summed E-state index contributed by atoms with van der Waals surface area (Å²) in [4.78, 5) is 14.3. The molecule has 0 bridgehead atoms. The third-order valence-corrected chi connectivity index (χ3v) is 3.56. The Morgan fingerprint density at radius 3 is 2.58 bits per heavy atom. The zero-order chi connectivity index (χ0) is 13.7. The van der Waals surface area contributed by atoms with Gasteiger partial charge in [-0.15, -0.1) is 0 Å². The average molecular weight is 263 g/mol. The molecule has 4 nitrogen and oxygen atoms in total. The Morgan fingerprint density at radius 2 is 2.00 bits per heavy atom. The van der Waals surface area contributed by atoms with Crippen LogP contribution in [0.2, 0.25) is 0 Å². The van der Waals surface area contributed by atoms with E-state index >= 15 is 0 Å². The van der Waals surface area contributed by atoms with Gasteiger partial charge in [-0.1, -0.05) is 25.1 Å². The number of para-hydroxylation sites is 1. The molecular formula is C15H21NO3. The molecule has 1 saturated heterocycles. The lowest BCUT2D eigenvalue weighted by Gasteiger charge is -2.34. The fourth-order valence-electron chi connectivity index (χ4n) is 2.44. The summed E-state index contributed by atoms with van der Waals surface area (Å²) in [6.07, 6.45) is 1.96. The van der Waals surface area contributed by atoms with E-state index < -0.39 is 0 Å². The predicted molar refractivity (Wildman–Crippen MR) is 73.0 cm³/mol. The maximum Gasteiger partial charge on any atom is 0.328 e. The van der Waals surface area contributed by atoms with E-state index in [9.17, 15) is 9.90 Å². The Morgan fingerprint density at radius 1 is 1.37 bits per heavy atom. The Bertz CT molecular complexity index is 399. The third kappa shape index (κ3) is 3.78. The van der Waals surface area contributed by atoms with Crippen molar-refractivity contribution < 1.29 is 14.6 Å². The molecule has 0 saturated carbocycles. The molecule has 0 radical (unpaired) electrons. The summed E-state index contributed by atoms with van der Waals surface area (Å²) in [7, 11) is 0. The minimum Gasteiger partial charge on any atom is -0.425 e. The number of hydrogen-bond donors (Lipinski definition) is 1. The van der Waals surface area contributed by atoms with Crippen molar-refractivity contribution in [1.29, 1.82) is 0 Å². The first-order valence-corrected chi connectivity index (χ1v) is 6.89. The van der Waals surface area contributed by atoms with Crippen LogP contribution in [0.15, 0.2) is 30.3 Å². The molecule has 0 amide bonds. The standard InChI is InChI=1S/C15H21NO3/c1-2-14(16-10-8-12(17)9-11-16)15(18)19-13-6-4-3-5-7-13/h3-7,12,14,17H,2,8-11H2,1H3. The molecule has 1 atom stereocenters. The lowest BCUT2D eigenvalue weighted by molar-refractivity contribution is -0.141. The quantitative estimate of drug-likeness (QED) is 0.665. The molecule has 1 fully saturated rings. The topological polar surface area (TPSA) is 49.8 Å². The highest BCUT2D eigenvalue weighted by molar-refractivity contribution is 5.78. The molecule has 1 aliphatic heterocycles. The third-order valence-electron chi connectivity index (χ3n) is 3.56. The minimum atomic E-state index is -0.223. The SMILES string of the molecule is CCC(C(=O)Oc1ccccc1)N1CCC(O)CC1. The summed E-state index contributed by atoms with van der Waals surface area (Å²) in [5.74, 6) is 0.382. The molecule has 1 unspecified atom stereocenters. The summed E-state index contributed by atoms with van der Waals surface area (Å²) >= 11 is 0. The van der Waals surface area contributed by atoms with Crippen molar-refractivity contribution in [3.8, 4) is 5.75 Å². The smallest absolute Gasteiger partial charge is 0.328 e. The van der Waals surface area contributed by atoms with E-state index in [-0.39, 0.29) is 18.1 Å². The Kier molecular flexibility index (Phi) is 4.93. The van der Waals surface area contributed by atoms with Gasteiger partial charge in [0.2, 0.25) is 0 Å². The summed E-state index contributed by atoms with van der Waals surface area (Å²) in [6.45, 7) is 3.50. The van der Waals surface area contributed by atoms with Gasteiger partial charge in [0.25, 0.3) is 0 Å². The van der Waals surface area contributed by atoms with Crippen molar-refractivity contribution in [2.24, 2.45) is 0 Å². The minimum absolute atomic E-state index is 0.204. The van der Waals surface area contributed by atoms with Gasteiger partial charge < -0.3 is 9.84 Å². The van der Waals surface area contributed by atoms with Gasteiger partial charge >= 0.3 is 5.97 Å². The summed E-state index contributed by atoms with van der Waals surface area (Å²) in [6, 6.07) is 8.94. The van der Waals surface area contributed by atoms with Crippen molar-refractivity contribution in [2.75, 3.05) is 13.1 Å². The van der Waals surface area contributed by atoms with E-state index in [1.54, 1.807) is 12.1 Å². The number of aliphatic hydroxyl groups excluding tert-OH is 1. The highest BCUT2D eigenvalue weighted by Crippen LogP contribution is 2.17. The number of piperidine rings is 1. The number of esters is 1. The number of nitrogens with zero attached hydrogens (tertiary/aromatic N) is 1. The second-order valence-corrected chi connectivity index (χ2v) is 4.93. The van der Waals surface area contributed by atoms with Gasteiger partial charge in [-0.3, -0.25) is 4.90 Å². The molecule has 0 spiro atoms. The Hall–Kier alpha value is -1.39. The molecule has 1 heterocycles. The van der Waals surface area contributed by atoms with Gasteiger partial charge in [-0.25, -0.2) is 4.79 Å². The molecule has 1 N–H and O–H groups in total. The number of carbonyl (C=O) groups is 1. The summed E-state index contributed by atoms with van der Waals surface area (Å²) in [5, 5.41) is 9.51. The summed E-state index contributed by atoms with van der Waals surface area (Å²) in [5.41, 5.74) is 0. The van der Waals surface area contributed by atoms with Crippen LogP contribution in [0.5, 0.6) is 5.75 Å². The van der Waals surface area contributed by atoms with E-state index in [2.05, 4.69) is 4.90 Å². The van der Waals surface area contributed by atoms with Crippen molar-refractivity contribution in [1.82, 2.24) is 4.90 Å². The van der Waals surface area contributed by atoms with Gasteiger partial charge in [0.05, 0.1) is 6.10 Å². The van der Waals surface area contributed by atoms with Crippen molar-refractivity contribution in [3.63, 3.8) is 0 Å². The van der Waals surface area contributed by atoms with Gasteiger partial charge in [-0.05, 0) is 31.4 Å². The van der Waals surface area contributed by atoms with Gasteiger partial charge in [0.1, 0.15) is 11.8 Å². The Balaban J connectivity index is 1.95. The van der Waals surface area contributed by atoms with E-state index in [4.69, 9.17) is 4.74 Å². The first-order valence-electron chi connectivity index (χ1n) is 6.89. The molecule has 2 rings (SSSR count). The molecule has 0 aromatic heterocycles. The largest absolute Gasteiger partial charge is 0.425 e. The second-order valence-electron chi connectivity index (χ2n) is 4.93. The molecule has 104 valence electrons. The van der Waals surface area contributed by atoms with Gasteiger partial charge in [-0.2, -0.15) is 0 Å². The zero-order valence-electron chi connectivity index (χ0n) is 11.3. The van der Waals surface area contributed by atoms with Gasteiger partial charge in [0, 0.05) is 13.1 Å². The maximum absolute atomic E-state index is 12.2. The van der Waals surface area contributed by atoms with E-state index in [1.807, 2.05) is 25.1 Å². The number of hydrogen-bond acceptors (Lipinski definition) is 4. The normalized spacial score (nSPS) is 19.1. The van der Waals surface area contributed by atoms with Crippen molar-refractivity contribution >= 4 is 5.97 Å². The number of ether oxygens (including phenoxy) is 1. The lowest BCUT2D eigenvalue weighted by atomic mass is 10.0. The maximum atomic E-state index is 12.2. The molecule has 1 aromatic rings. The number of aliphatic hydroxyl groups is 1. The van der Waals surface area contributed by atoms with Crippen LogP contribution in [-0.2, 0) is 4.79 Å². The molecule has 1 aromatic carbocycles. The summed E-state index contributed by atoms with van der Waals surface area (Å²) < 4.78 is 5.40. The van der Waals surface area contributed by atoms with E-state index in [0.717, 1.165) is 32.4 Å². The van der Waals surface area contributed by atoms with Crippen LogP contribution in [0.1, 0.15) is 26.2 Å². The van der Waals surface area contributed by atoms with Gasteiger partial charge in [0.15, 0.2) is 0 Å². The number of carbonyl (C=O) groups excluding carboxylic acids is 1. The monoisotopic (exact) mass is 263 g/mol. The molecule has 0 aliphatic carbocycles. The van der Waals surface area contributed by atoms with Crippen LogP contribution in [0.3, 0.4) is 0 Å². The lowest BCUT2D eigenvalue weighted by Crippen LogP contribution is -2.47. The van der Waals surface area contributed by atoms with Crippen LogP contribution < -0.4 is 4.74 Å². The fourth-order valence-corrected chi connectivity index (χ4v) is 2.44. The molecule has 4 heteroatoms. The Labute approximate surface area is 114 Å². The van der Waals surface area contributed by atoms with Crippen LogP contribution in [0.25, 0.3) is 0 Å². The fraction of sp³-hybridized carbons (Fsp3) is 0.533. The average Bonchev–Trinajstić information content (AvgIpc) is 2.43. The highest BCUT2D eigenvalue weighted by Gasteiger charge is 2.29. The second kappa shape index (κ2) is 6.68. The van der Waals surface area contributed by atoms with Crippen LogP contribution in [-0.4, -0.2) is 41.2 Å². The molecule has 1 aliphatic rings. The number of benzene rings is 1.